The average Bonchev–Trinajstić information content (AvgIpc) is 2.90. The summed E-state index contributed by atoms with van der Waals surface area (Å²) in [7, 11) is 0. The Morgan fingerprint density at radius 2 is 1.53 bits per heavy atom. The molecule has 5 nitrogen and oxygen atoms in total. The minimum atomic E-state index is -0.619. The summed E-state index contributed by atoms with van der Waals surface area (Å²) in [6, 6.07) is 25.7. The molecule has 0 fully saturated rings. The third kappa shape index (κ3) is 6.09. The van der Waals surface area contributed by atoms with Crippen molar-refractivity contribution in [3.8, 4) is 11.1 Å². The molecule has 3 amide bonds. The summed E-state index contributed by atoms with van der Waals surface area (Å²) >= 11 is 4.36. The molecular weight excluding hydrogens is 480 g/mol. The third-order valence-corrected chi connectivity index (χ3v) is 5.91. The number of carbonyl (C=O) groups is 2. The first kappa shape index (κ1) is 24.9. The van der Waals surface area contributed by atoms with Crippen molar-refractivity contribution in [2.75, 3.05) is 16.2 Å². The van der Waals surface area contributed by atoms with Crippen molar-refractivity contribution < 1.29 is 18.4 Å². The van der Waals surface area contributed by atoms with Crippen molar-refractivity contribution >= 4 is 36.1 Å². The van der Waals surface area contributed by atoms with Gasteiger partial charge in [-0.15, -0.1) is 0 Å². The van der Waals surface area contributed by atoms with E-state index in [-0.39, 0.29) is 11.4 Å². The number of halogens is 2. The highest BCUT2D eigenvalue weighted by Gasteiger charge is 2.17. The normalized spacial score (nSPS) is 10.5. The molecule has 182 valence electrons. The van der Waals surface area contributed by atoms with Crippen molar-refractivity contribution in [3.63, 3.8) is 0 Å². The van der Waals surface area contributed by atoms with Gasteiger partial charge in [-0.3, -0.25) is 4.79 Å². The molecule has 0 aliphatic carbocycles. The highest BCUT2D eigenvalue weighted by Crippen LogP contribution is 2.33. The van der Waals surface area contributed by atoms with E-state index in [1.54, 1.807) is 36.4 Å². The molecule has 0 bridgehead atoms. The van der Waals surface area contributed by atoms with Gasteiger partial charge in [0.05, 0.1) is 11.3 Å². The van der Waals surface area contributed by atoms with Crippen LogP contribution in [0, 0.1) is 11.6 Å². The smallest absolute Gasteiger partial charge is 0.331 e. The lowest BCUT2D eigenvalue weighted by molar-refractivity contribution is 0.102. The average molecular weight is 504 g/mol. The van der Waals surface area contributed by atoms with Gasteiger partial charge in [0.25, 0.3) is 5.91 Å². The monoisotopic (exact) mass is 503 g/mol. The van der Waals surface area contributed by atoms with Gasteiger partial charge in [-0.05, 0) is 60.0 Å². The Morgan fingerprint density at radius 1 is 0.833 bits per heavy atom. The maximum atomic E-state index is 14.1. The predicted octanol–water partition coefficient (Wildman–Crippen LogP) is 6.49. The first-order chi connectivity index (χ1) is 17.4. The lowest BCUT2D eigenvalue weighted by Gasteiger charge is -2.19. The first-order valence-corrected chi connectivity index (χ1v) is 11.6. The summed E-state index contributed by atoms with van der Waals surface area (Å²) in [5.41, 5.74) is 3.18. The molecule has 36 heavy (non-hydrogen) atoms. The van der Waals surface area contributed by atoms with Crippen LogP contribution in [0.15, 0.2) is 97.1 Å². The highest BCUT2D eigenvalue weighted by molar-refractivity contribution is 7.82. The van der Waals surface area contributed by atoms with Crippen LogP contribution >= 0.6 is 12.8 Å². The van der Waals surface area contributed by atoms with Crippen molar-refractivity contribution in [2.24, 2.45) is 0 Å². The molecule has 0 aliphatic heterocycles. The Hall–Kier alpha value is -4.17. The van der Waals surface area contributed by atoms with E-state index in [0.29, 0.717) is 29.9 Å². The van der Waals surface area contributed by atoms with Crippen LogP contribution in [-0.4, -0.2) is 18.5 Å². The van der Waals surface area contributed by atoms with Gasteiger partial charge in [0.2, 0.25) is 0 Å². The van der Waals surface area contributed by atoms with E-state index in [9.17, 15) is 18.4 Å². The van der Waals surface area contributed by atoms with Gasteiger partial charge >= 0.3 is 6.03 Å². The van der Waals surface area contributed by atoms with E-state index < -0.39 is 17.8 Å². The molecule has 0 atom stereocenters. The molecule has 4 rings (SSSR count). The minimum Gasteiger partial charge on any atom is -0.337 e. The van der Waals surface area contributed by atoms with E-state index in [0.717, 1.165) is 11.1 Å². The Bertz CT molecular complexity index is 1370. The van der Waals surface area contributed by atoms with Crippen molar-refractivity contribution in [1.29, 1.82) is 0 Å². The fraction of sp³-hybridized carbons (Fsp3) is 0.0714. The molecule has 2 N–H and O–H groups in total. The summed E-state index contributed by atoms with van der Waals surface area (Å²) < 4.78 is 28.3. The maximum Gasteiger partial charge on any atom is 0.331 e. The largest absolute Gasteiger partial charge is 0.337 e. The second-order valence-electron chi connectivity index (χ2n) is 7.95. The maximum absolute atomic E-state index is 14.1. The van der Waals surface area contributed by atoms with Crippen LogP contribution in [0.1, 0.15) is 15.9 Å². The second-order valence-corrected chi connectivity index (χ2v) is 8.35. The van der Waals surface area contributed by atoms with Crippen LogP contribution in [0.5, 0.6) is 0 Å². The van der Waals surface area contributed by atoms with Gasteiger partial charge in [-0.2, -0.15) is 0 Å². The van der Waals surface area contributed by atoms with Gasteiger partial charge in [0.15, 0.2) is 0 Å². The molecule has 0 unspecified atom stereocenters. The Balaban J connectivity index is 1.52. The SMILES string of the molecule is O=C(Nc1ccc(N(S)C(=O)NCCc2ccc(F)cc2)cc1-c1ccccc1)c1ccccc1F. The van der Waals surface area contributed by atoms with Crippen molar-refractivity contribution in [3.05, 3.63) is 120 Å². The van der Waals surface area contributed by atoms with Gasteiger partial charge in [0, 0.05) is 17.8 Å². The summed E-state index contributed by atoms with van der Waals surface area (Å²) in [4.78, 5) is 25.4. The van der Waals surface area contributed by atoms with E-state index in [1.165, 1.54) is 34.6 Å². The predicted molar refractivity (Wildman–Crippen MR) is 141 cm³/mol. The molecular formula is C28H23F2N3O2S. The van der Waals surface area contributed by atoms with Crippen LogP contribution in [0.2, 0.25) is 0 Å². The summed E-state index contributed by atoms with van der Waals surface area (Å²) in [5, 5.41) is 5.55. The minimum absolute atomic E-state index is 0.0723. The van der Waals surface area contributed by atoms with E-state index in [4.69, 9.17) is 0 Å². The standard InChI is InChI=1S/C28H23F2N3O2S/c29-21-12-10-19(11-13-21)16-17-31-28(35)33(36)22-14-15-26(24(18-22)20-6-2-1-3-7-20)32-27(34)23-8-4-5-9-25(23)30/h1-15,18,36H,16-17H2,(H,31,35)(H,32,34). The number of amides is 3. The number of hydrogen-bond donors (Lipinski definition) is 3. The van der Waals surface area contributed by atoms with Gasteiger partial charge < -0.3 is 10.6 Å². The van der Waals surface area contributed by atoms with Crippen LogP contribution in [0.3, 0.4) is 0 Å². The number of anilines is 2. The van der Waals surface area contributed by atoms with E-state index >= 15 is 0 Å². The van der Waals surface area contributed by atoms with Crippen LogP contribution in [-0.2, 0) is 6.42 Å². The number of nitrogens with zero attached hydrogens (tertiary/aromatic N) is 1. The lowest BCUT2D eigenvalue weighted by atomic mass is 10.0. The Kier molecular flexibility index (Phi) is 7.97. The highest BCUT2D eigenvalue weighted by atomic mass is 32.1. The number of thiol groups is 1. The van der Waals surface area contributed by atoms with E-state index in [1.807, 2.05) is 30.3 Å². The van der Waals surface area contributed by atoms with Gasteiger partial charge in [-0.1, -0.05) is 67.4 Å². The van der Waals surface area contributed by atoms with Crippen LogP contribution < -0.4 is 14.9 Å². The van der Waals surface area contributed by atoms with E-state index in [2.05, 4.69) is 23.4 Å². The number of benzene rings is 4. The van der Waals surface area contributed by atoms with Crippen LogP contribution in [0.4, 0.5) is 25.0 Å². The molecule has 0 aromatic heterocycles. The zero-order valence-electron chi connectivity index (χ0n) is 19.1. The zero-order valence-corrected chi connectivity index (χ0v) is 20.0. The number of nitrogens with one attached hydrogen (secondary N) is 2. The lowest BCUT2D eigenvalue weighted by Crippen LogP contribution is -2.35. The molecule has 0 aliphatic rings. The fourth-order valence-corrected chi connectivity index (χ4v) is 3.82. The quantitative estimate of drug-likeness (QED) is 0.253. The molecule has 0 spiro atoms. The fourth-order valence-electron chi connectivity index (χ4n) is 3.62. The molecule has 4 aromatic carbocycles. The number of carbonyl (C=O) groups excluding carboxylic acids is 2. The number of rotatable bonds is 7. The molecule has 0 saturated carbocycles. The topological polar surface area (TPSA) is 61.4 Å². The molecule has 0 saturated heterocycles. The first-order valence-electron chi connectivity index (χ1n) is 11.2. The second kappa shape index (κ2) is 11.5. The molecule has 4 aromatic rings. The van der Waals surface area contributed by atoms with Crippen molar-refractivity contribution in [2.45, 2.75) is 6.42 Å². The van der Waals surface area contributed by atoms with Crippen LogP contribution in [0.25, 0.3) is 11.1 Å². The third-order valence-electron chi connectivity index (χ3n) is 5.49. The molecule has 8 heteroatoms. The van der Waals surface area contributed by atoms with Crippen molar-refractivity contribution in [1.82, 2.24) is 5.32 Å². The Morgan fingerprint density at radius 3 is 2.25 bits per heavy atom. The summed E-state index contributed by atoms with van der Waals surface area (Å²) in [6.07, 6.45) is 0.532. The van der Waals surface area contributed by atoms with Gasteiger partial charge in [0.1, 0.15) is 11.6 Å². The zero-order chi connectivity index (χ0) is 25.5. The van der Waals surface area contributed by atoms with Gasteiger partial charge in [-0.25, -0.2) is 17.9 Å². The number of urea groups is 1. The molecule has 0 radical (unpaired) electrons. The summed E-state index contributed by atoms with van der Waals surface area (Å²) in [5.74, 6) is -1.52. The Labute approximate surface area is 213 Å². The number of hydrogen-bond acceptors (Lipinski definition) is 3. The summed E-state index contributed by atoms with van der Waals surface area (Å²) in [6.45, 7) is 0.337. The molecule has 0 heterocycles.